The Hall–Kier alpha value is -1.88. The highest BCUT2D eigenvalue weighted by Crippen LogP contribution is 2.30. The summed E-state index contributed by atoms with van der Waals surface area (Å²) >= 11 is 1.62. The molecule has 2 heterocycles. The van der Waals surface area contributed by atoms with Gasteiger partial charge in [0.15, 0.2) is 0 Å². The first-order valence-corrected chi connectivity index (χ1v) is 7.21. The molecule has 1 aromatic heterocycles. The number of rotatable bonds is 4. The average Bonchev–Trinajstić information content (AvgIpc) is 3.07. The SMILES string of the molecule is O=C(NCCc1nccs1)C1CNc2ccccc21. The number of hydrogen-bond acceptors (Lipinski definition) is 4. The number of nitrogens with zero attached hydrogens (tertiary/aromatic N) is 1. The number of anilines is 1. The van der Waals surface area contributed by atoms with Crippen LogP contribution in [0, 0.1) is 0 Å². The van der Waals surface area contributed by atoms with Gasteiger partial charge in [0.2, 0.25) is 5.91 Å². The zero-order chi connectivity index (χ0) is 13.1. The molecule has 5 heteroatoms. The molecule has 0 spiro atoms. The summed E-state index contributed by atoms with van der Waals surface area (Å²) in [7, 11) is 0. The first-order chi connectivity index (χ1) is 9.34. The number of thiazole rings is 1. The van der Waals surface area contributed by atoms with Crippen molar-refractivity contribution in [1.29, 1.82) is 0 Å². The van der Waals surface area contributed by atoms with Crippen LogP contribution in [0.15, 0.2) is 35.8 Å². The zero-order valence-electron chi connectivity index (χ0n) is 10.4. The second-order valence-corrected chi connectivity index (χ2v) is 5.47. The molecule has 2 aromatic rings. The van der Waals surface area contributed by atoms with Gasteiger partial charge in [0.25, 0.3) is 0 Å². The quantitative estimate of drug-likeness (QED) is 0.896. The summed E-state index contributed by atoms with van der Waals surface area (Å²) in [6.07, 6.45) is 2.59. The summed E-state index contributed by atoms with van der Waals surface area (Å²) in [5.41, 5.74) is 2.16. The van der Waals surface area contributed by atoms with Gasteiger partial charge in [-0.05, 0) is 11.6 Å². The van der Waals surface area contributed by atoms with Crippen LogP contribution < -0.4 is 10.6 Å². The molecule has 98 valence electrons. The first kappa shape index (κ1) is 12.2. The minimum absolute atomic E-state index is 0.0764. The fourth-order valence-electron chi connectivity index (χ4n) is 2.31. The molecule has 1 amide bonds. The predicted molar refractivity (Wildman–Crippen MR) is 76.5 cm³/mol. The van der Waals surface area contributed by atoms with Gasteiger partial charge in [-0.3, -0.25) is 4.79 Å². The lowest BCUT2D eigenvalue weighted by Crippen LogP contribution is -2.31. The average molecular weight is 273 g/mol. The van der Waals surface area contributed by atoms with Crippen LogP contribution in [0.4, 0.5) is 5.69 Å². The van der Waals surface area contributed by atoms with Crippen LogP contribution >= 0.6 is 11.3 Å². The Morgan fingerprint density at radius 2 is 2.37 bits per heavy atom. The third-order valence-electron chi connectivity index (χ3n) is 3.27. The van der Waals surface area contributed by atoms with E-state index in [1.165, 1.54) is 0 Å². The van der Waals surface area contributed by atoms with Gasteiger partial charge in [0, 0.05) is 36.8 Å². The Labute approximate surface area is 115 Å². The van der Waals surface area contributed by atoms with E-state index >= 15 is 0 Å². The van der Waals surface area contributed by atoms with Gasteiger partial charge in [-0.2, -0.15) is 0 Å². The third kappa shape index (κ3) is 2.61. The van der Waals surface area contributed by atoms with E-state index in [0.717, 1.165) is 22.7 Å². The molecule has 1 unspecified atom stereocenters. The highest BCUT2D eigenvalue weighted by molar-refractivity contribution is 7.09. The van der Waals surface area contributed by atoms with Gasteiger partial charge in [0.05, 0.1) is 10.9 Å². The largest absolute Gasteiger partial charge is 0.384 e. The number of para-hydroxylation sites is 1. The summed E-state index contributed by atoms with van der Waals surface area (Å²) in [6.45, 7) is 1.33. The number of aromatic nitrogens is 1. The Bertz CT molecular complexity index is 568. The minimum atomic E-state index is -0.0764. The van der Waals surface area contributed by atoms with Crippen molar-refractivity contribution in [2.45, 2.75) is 12.3 Å². The lowest BCUT2D eigenvalue weighted by molar-refractivity contribution is -0.122. The Morgan fingerprint density at radius 3 is 3.21 bits per heavy atom. The van der Waals surface area contributed by atoms with Gasteiger partial charge in [-0.15, -0.1) is 11.3 Å². The van der Waals surface area contributed by atoms with Gasteiger partial charge < -0.3 is 10.6 Å². The van der Waals surface area contributed by atoms with E-state index in [4.69, 9.17) is 0 Å². The second-order valence-electron chi connectivity index (χ2n) is 4.49. The topological polar surface area (TPSA) is 54.0 Å². The monoisotopic (exact) mass is 273 g/mol. The van der Waals surface area contributed by atoms with E-state index in [0.29, 0.717) is 13.1 Å². The third-order valence-corrected chi connectivity index (χ3v) is 4.11. The molecule has 0 radical (unpaired) electrons. The van der Waals surface area contributed by atoms with Crippen LogP contribution in [0.1, 0.15) is 16.5 Å². The maximum Gasteiger partial charge on any atom is 0.229 e. The lowest BCUT2D eigenvalue weighted by Gasteiger charge is -2.10. The Kier molecular flexibility index (Phi) is 3.46. The zero-order valence-corrected chi connectivity index (χ0v) is 11.2. The molecule has 0 aliphatic carbocycles. The van der Waals surface area contributed by atoms with Crippen molar-refractivity contribution >= 4 is 22.9 Å². The summed E-state index contributed by atoms with van der Waals surface area (Å²) in [6, 6.07) is 7.98. The normalized spacial score (nSPS) is 16.7. The van der Waals surface area contributed by atoms with Crippen molar-refractivity contribution < 1.29 is 4.79 Å². The van der Waals surface area contributed by atoms with E-state index < -0.39 is 0 Å². The van der Waals surface area contributed by atoms with Gasteiger partial charge in [0.1, 0.15) is 0 Å². The molecule has 0 saturated heterocycles. The molecule has 0 saturated carbocycles. The van der Waals surface area contributed by atoms with E-state index in [-0.39, 0.29) is 11.8 Å². The van der Waals surface area contributed by atoms with Crippen LogP contribution in [0.5, 0.6) is 0 Å². The number of carbonyl (C=O) groups excluding carboxylic acids is 1. The Balaban J connectivity index is 1.57. The smallest absolute Gasteiger partial charge is 0.229 e. The molecular formula is C14H15N3OS. The van der Waals surface area contributed by atoms with Gasteiger partial charge in [-0.1, -0.05) is 18.2 Å². The molecule has 0 bridgehead atoms. The molecule has 1 atom stereocenters. The number of nitrogens with one attached hydrogen (secondary N) is 2. The molecular weight excluding hydrogens is 258 g/mol. The van der Waals surface area contributed by atoms with Crippen LogP contribution in [0.3, 0.4) is 0 Å². The maximum absolute atomic E-state index is 12.2. The number of carbonyl (C=O) groups is 1. The molecule has 4 nitrogen and oxygen atoms in total. The van der Waals surface area contributed by atoms with Crippen molar-refractivity contribution in [3.63, 3.8) is 0 Å². The minimum Gasteiger partial charge on any atom is -0.384 e. The summed E-state index contributed by atoms with van der Waals surface area (Å²) in [5, 5.41) is 9.27. The van der Waals surface area contributed by atoms with Crippen molar-refractivity contribution in [2.24, 2.45) is 0 Å². The highest BCUT2D eigenvalue weighted by Gasteiger charge is 2.27. The molecule has 1 aromatic carbocycles. The molecule has 1 aliphatic rings. The molecule has 2 N–H and O–H groups in total. The van der Waals surface area contributed by atoms with Crippen molar-refractivity contribution in [3.8, 4) is 0 Å². The molecule has 0 fully saturated rings. The standard InChI is InChI=1S/C14H15N3OS/c18-14(16-6-5-13-15-7-8-19-13)11-9-17-12-4-2-1-3-10(11)12/h1-4,7-8,11,17H,5-6,9H2,(H,16,18). The van der Waals surface area contributed by atoms with Crippen molar-refractivity contribution in [2.75, 3.05) is 18.4 Å². The number of amides is 1. The number of benzene rings is 1. The fraction of sp³-hybridized carbons (Fsp3) is 0.286. The van der Waals surface area contributed by atoms with Crippen molar-refractivity contribution in [1.82, 2.24) is 10.3 Å². The van der Waals surface area contributed by atoms with Crippen LogP contribution in [-0.2, 0) is 11.2 Å². The number of hydrogen-bond donors (Lipinski definition) is 2. The van der Waals surface area contributed by atoms with E-state index in [1.807, 2.05) is 29.6 Å². The van der Waals surface area contributed by atoms with E-state index in [2.05, 4.69) is 15.6 Å². The lowest BCUT2D eigenvalue weighted by atomic mass is 10.0. The van der Waals surface area contributed by atoms with Crippen LogP contribution in [0.25, 0.3) is 0 Å². The van der Waals surface area contributed by atoms with Crippen LogP contribution in [0.2, 0.25) is 0 Å². The van der Waals surface area contributed by atoms with Gasteiger partial charge >= 0.3 is 0 Å². The highest BCUT2D eigenvalue weighted by atomic mass is 32.1. The maximum atomic E-state index is 12.2. The summed E-state index contributed by atoms with van der Waals surface area (Å²) in [4.78, 5) is 16.4. The summed E-state index contributed by atoms with van der Waals surface area (Å²) in [5.74, 6) is 0.0153. The number of fused-ring (bicyclic) bond motifs is 1. The van der Waals surface area contributed by atoms with Gasteiger partial charge in [-0.25, -0.2) is 4.98 Å². The van der Waals surface area contributed by atoms with Crippen molar-refractivity contribution in [3.05, 3.63) is 46.4 Å². The molecule has 3 rings (SSSR count). The Morgan fingerprint density at radius 1 is 1.47 bits per heavy atom. The summed E-state index contributed by atoms with van der Waals surface area (Å²) < 4.78 is 0. The molecule has 19 heavy (non-hydrogen) atoms. The first-order valence-electron chi connectivity index (χ1n) is 6.33. The molecule has 1 aliphatic heterocycles. The van der Waals surface area contributed by atoms with E-state index in [1.54, 1.807) is 17.5 Å². The van der Waals surface area contributed by atoms with E-state index in [9.17, 15) is 4.79 Å². The second kappa shape index (κ2) is 5.40. The fourth-order valence-corrected chi connectivity index (χ4v) is 2.93. The van der Waals surface area contributed by atoms with Crippen LogP contribution in [-0.4, -0.2) is 24.0 Å². The predicted octanol–water partition coefficient (Wildman–Crippen LogP) is 2.01.